The van der Waals surface area contributed by atoms with E-state index in [1.165, 1.54) is 12.1 Å². The molecule has 0 atom stereocenters. The third-order valence-electron chi connectivity index (χ3n) is 4.50. The number of rotatable bonds is 4. The maximum absolute atomic E-state index is 12.7. The van der Waals surface area contributed by atoms with Crippen LogP contribution in [0.4, 0.5) is 11.6 Å². The molecule has 0 bridgehead atoms. The van der Waals surface area contributed by atoms with Gasteiger partial charge in [-0.2, -0.15) is 0 Å². The van der Waals surface area contributed by atoms with Crippen molar-refractivity contribution < 1.29 is 14.3 Å². The standard InChI is InChI=1S/C18H16N4O3/c23-17(13-5-3-6-14(11-13)22(24)25)12-21-16-8-2-1-7-15(16)20-10-4-9-19-18(20)21/h1-3,5-8,11H,4,9-10,12H2/p+1. The van der Waals surface area contributed by atoms with Crippen molar-refractivity contribution in [1.29, 1.82) is 0 Å². The predicted octanol–water partition coefficient (Wildman–Crippen LogP) is 2.54. The Balaban J connectivity index is 1.75. The number of fused-ring (bicyclic) bond motifs is 3. The minimum absolute atomic E-state index is 0.0715. The number of Topliss-reactive ketones (excluding diaryl/α,β-unsaturated/α-hetero) is 1. The lowest BCUT2D eigenvalue weighted by Crippen LogP contribution is -2.42. The van der Waals surface area contributed by atoms with Crippen molar-refractivity contribution in [2.24, 2.45) is 0 Å². The van der Waals surface area contributed by atoms with Gasteiger partial charge in [-0.05, 0) is 12.1 Å². The van der Waals surface area contributed by atoms with Gasteiger partial charge in [0.1, 0.15) is 17.6 Å². The molecule has 0 saturated carbocycles. The maximum atomic E-state index is 12.7. The fraction of sp³-hybridized carbons (Fsp3) is 0.222. The van der Waals surface area contributed by atoms with Crippen LogP contribution >= 0.6 is 0 Å². The number of hydrogen-bond donors (Lipinski definition) is 1. The number of ketones is 1. The number of nitro groups is 1. The Morgan fingerprint density at radius 1 is 1.24 bits per heavy atom. The van der Waals surface area contributed by atoms with Gasteiger partial charge < -0.3 is 0 Å². The van der Waals surface area contributed by atoms with Crippen LogP contribution in [-0.4, -0.2) is 21.8 Å². The van der Waals surface area contributed by atoms with E-state index in [0.717, 1.165) is 36.5 Å². The lowest BCUT2D eigenvalue weighted by atomic mass is 10.1. The molecule has 0 radical (unpaired) electrons. The Morgan fingerprint density at radius 3 is 2.92 bits per heavy atom. The zero-order valence-electron chi connectivity index (χ0n) is 13.5. The average Bonchev–Trinajstić information content (AvgIpc) is 2.96. The Hall–Kier alpha value is -3.22. The largest absolute Gasteiger partial charge is 0.358 e. The van der Waals surface area contributed by atoms with Gasteiger partial charge in [0.2, 0.25) is 0 Å². The summed E-state index contributed by atoms with van der Waals surface area (Å²) in [5, 5.41) is 14.3. The van der Waals surface area contributed by atoms with Gasteiger partial charge in [0.15, 0.2) is 5.78 Å². The summed E-state index contributed by atoms with van der Waals surface area (Å²) in [4.78, 5) is 23.2. The molecular weight excluding hydrogens is 320 g/mol. The van der Waals surface area contributed by atoms with Crippen molar-refractivity contribution in [3.05, 3.63) is 64.2 Å². The van der Waals surface area contributed by atoms with Gasteiger partial charge in [0, 0.05) is 24.1 Å². The number of nitrogens with one attached hydrogen (secondary N) is 1. The molecule has 2 heterocycles. The van der Waals surface area contributed by atoms with Gasteiger partial charge in [0.25, 0.3) is 5.69 Å². The topological polar surface area (TPSA) is 81.0 Å². The molecule has 1 N–H and O–H groups in total. The van der Waals surface area contributed by atoms with Crippen molar-refractivity contribution in [3.8, 4) is 0 Å². The molecule has 1 aliphatic heterocycles. The van der Waals surface area contributed by atoms with Crippen LogP contribution < -0.4 is 9.88 Å². The van der Waals surface area contributed by atoms with E-state index < -0.39 is 4.92 Å². The number of benzene rings is 2. The quantitative estimate of drug-likeness (QED) is 0.343. The Morgan fingerprint density at radius 2 is 2.08 bits per heavy atom. The number of aryl methyl sites for hydroxylation is 1. The van der Waals surface area contributed by atoms with Crippen LogP contribution in [0.2, 0.25) is 0 Å². The molecule has 0 spiro atoms. The van der Waals surface area contributed by atoms with Crippen LogP contribution in [0.3, 0.4) is 0 Å². The number of aromatic nitrogens is 2. The van der Waals surface area contributed by atoms with Crippen LogP contribution in [-0.2, 0) is 13.1 Å². The fourth-order valence-electron chi connectivity index (χ4n) is 3.34. The van der Waals surface area contributed by atoms with Crippen molar-refractivity contribution in [3.63, 3.8) is 0 Å². The molecule has 1 aromatic heterocycles. The fourth-order valence-corrected chi connectivity index (χ4v) is 3.34. The number of nitrogens with zero attached hydrogens (tertiary/aromatic N) is 3. The number of para-hydroxylation sites is 2. The van der Waals surface area contributed by atoms with Crippen LogP contribution in [0.5, 0.6) is 0 Å². The van der Waals surface area contributed by atoms with Crippen molar-refractivity contribution >= 4 is 28.5 Å². The second-order valence-electron chi connectivity index (χ2n) is 6.06. The molecular formula is C18H17N4O3+. The predicted molar refractivity (Wildman–Crippen MR) is 92.7 cm³/mol. The van der Waals surface area contributed by atoms with Crippen molar-refractivity contribution in [2.45, 2.75) is 19.5 Å². The van der Waals surface area contributed by atoms with Gasteiger partial charge in [-0.1, -0.05) is 24.3 Å². The summed E-state index contributed by atoms with van der Waals surface area (Å²) >= 11 is 0. The molecule has 0 saturated heterocycles. The minimum Gasteiger partial charge on any atom is -0.291 e. The van der Waals surface area contributed by atoms with Gasteiger partial charge in [-0.25, -0.2) is 9.13 Å². The smallest absolute Gasteiger partial charge is 0.291 e. The maximum Gasteiger partial charge on any atom is 0.358 e. The Labute approximate surface area is 143 Å². The number of carbonyl (C=O) groups is 1. The Kier molecular flexibility index (Phi) is 3.68. The molecule has 7 heteroatoms. The zero-order valence-corrected chi connectivity index (χ0v) is 13.5. The van der Waals surface area contributed by atoms with E-state index in [-0.39, 0.29) is 18.0 Å². The first-order chi connectivity index (χ1) is 12.1. The molecule has 1 aliphatic rings. The van der Waals surface area contributed by atoms with E-state index in [1.807, 2.05) is 28.8 Å². The number of nitro benzene ring substituents is 1. The highest BCUT2D eigenvalue weighted by atomic mass is 16.6. The van der Waals surface area contributed by atoms with Crippen molar-refractivity contribution in [2.75, 3.05) is 11.9 Å². The normalized spacial score (nSPS) is 13.3. The van der Waals surface area contributed by atoms with Gasteiger partial charge in [0.05, 0.1) is 18.0 Å². The Bertz CT molecular complexity index is 993. The second-order valence-corrected chi connectivity index (χ2v) is 6.06. The number of hydrogen-bond acceptors (Lipinski definition) is 4. The van der Waals surface area contributed by atoms with E-state index in [1.54, 1.807) is 12.1 Å². The summed E-state index contributed by atoms with van der Waals surface area (Å²) in [7, 11) is 0. The van der Waals surface area contributed by atoms with Crippen LogP contribution in [0.15, 0.2) is 48.5 Å². The first-order valence-electron chi connectivity index (χ1n) is 8.18. The van der Waals surface area contributed by atoms with Gasteiger partial charge >= 0.3 is 5.95 Å². The van der Waals surface area contributed by atoms with Crippen molar-refractivity contribution in [1.82, 2.24) is 4.57 Å². The SMILES string of the molecule is O=C(Cn1c2[n+](c3ccccc31)CCCN2)c1cccc([N+](=O)[O-])c1. The summed E-state index contributed by atoms with van der Waals surface area (Å²) < 4.78 is 4.13. The molecule has 0 aliphatic carbocycles. The zero-order chi connectivity index (χ0) is 17.4. The lowest BCUT2D eigenvalue weighted by Gasteiger charge is -2.11. The highest BCUT2D eigenvalue weighted by Crippen LogP contribution is 2.21. The number of anilines is 1. The van der Waals surface area contributed by atoms with E-state index in [9.17, 15) is 14.9 Å². The molecule has 2 aromatic carbocycles. The molecule has 3 aromatic rings. The van der Waals surface area contributed by atoms with Crippen LogP contribution in [0.1, 0.15) is 16.8 Å². The van der Waals surface area contributed by atoms with E-state index >= 15 is 0 Å². The van der Waals surface area contributed by atoms with E-state index in [2.05, 4.69) is 9.88 Å². The summed E-state index contributed by atoms with van der Waals surface area (Å²) in [6, 6.07) is 13.8. The van der Waals surface area contributed by atoms with Gasteiger partial charge in [-0.3, -0.25) is 20.2 Å². The lowest BCUT2D eigenvalue weighted by molar-refractivity contribution is -0.661. The molecule has 4 rings (SSSR count). The summed E-state index contributed by atoms with van der Waals surface area (Å²) in [6.45, 7) is 1.90. The third-order valence-corrected chi connectivity index (χ3v) is 4.50. The van der Waals surface area contributed by atoms with E-state index in [4.69, 9.17) is 0 Å². The number of non-ortho nitro benzene ring substituents is 1. The molecule has 0 amide bonds. The van der Waals surface area contributed by atoms with Crippen LogP contribution in [0.25, 0.3) is 11.0 Å². The first kappa shape index (κ1) is 15.3. The summed E-state index contributed by atoms with van der Waals surface area (Å²) in [5.41, 5.74) is 2.33. The third kappa shape index (κ3) is 2.63. The highest BCUT2D eigenvalue weighted by Gasteiger charge is 2.27. The highest BCUT2D eigenvalue weighted by molar-refractivity contribution is 5.97. The number of carbonyl (C=O) groups excluding carboxylic acids is 1. The summed E-state index contributed by atoms with van der Waals surface area (Å²) in [5.74, 6) is 0.756. The second kappa shape index (κ2) is 6.01. The monoisotopic (exact) mass is 337 g/mol. The molecule has 0 fully saturated rings. The first-order valence-corrected chi connectivity index (χ1v) is 8.18. The molecule has 126 valence electrons. The molecule has 25 heavy (non-hydrogen) atoms. The average molecular weight is 337 g/mol. The molecule has 0 unspecified atom stereocenters. The van der Waals surface area contributed by atoms with Crippen LogP contribution in [0, 0.1) is 10.1 Å². The minimum atomic E-state index is -0.485. The van der Waals surface area contributed by atoms with E-state index in [0.29, 0.717) is 5.56 Å². The number of imidazole rings is 1. The molecule has 7 nitrogen and oxygen atoms in total. The summed E-state index contributed by atoms with van der Waals surface area (Å²) in [6.07, 6.45) is 1.03. The van der Waals surface area contributed by atoms with Gasteiger partial charge in [-0.15, -0.1) is 0 Å².